The molecule has 1 heterocycles. The van der Waals surface area contributed by atoms with Gasteiger partial charge in [-0.15, -0.1) is 10.2 Å². The van der Waals surface area contributed by atoms with Crippen LogP contribution in [-0.2, 0) is 15.0 Å². The first-order valence-corrected chi connectivity index (χ1v) is 14.0. The lowest BCUT2D eigenvalue weighted by Crippen LogP contribution is -2.20. The van der Waals surface area contributed by atoms with E-state index in [4.69, 9.17) is 9.47 Å². The second-order valence-electron chi connectivity index (χ2n) is 10.4. The number of rotatable bonds is 9. The topological polar surface area (TPSA) is 108 Å². The van der Waals surface area contributed by atoms with E-state index in [0.717, 1.165) is 16.8 Å². The van der Waals surface area contributed by atoms with E-state index < -0.39 is 5.97 Å². The monoisotopic (exact) mass is 571 g/mol. The predicted molar refractivity (Wildman–Crippen MR) is 161 cm³/mol. The molecular formula is C31H33N5O4S. The molecule has 212 valence electrons. The molecule has 4 rings (SSSR count). The molecule has 0 bridgehead atoms. The standard InChI is InChI=1S/C31H33N5O4S/c1-20-7-14-25(15-8-20)36-29(23-10-12-24(13-11-23)31(3,4)5)34-35-30(36)41-19-28(38)33-32-18-22-9-16-26(40-21(2)37)27(17-22)39-6/h7-18H,19H2,1-6H3,(H,33,38)/b32-18-. The lowest BCUT2D eigenvalue weighted by atomic mass is 9.87. The quantitative estimate of drug-likeness (QED) is 0.0901. The Kier molecular flexibility index (Phi) is 9.24. The summed E-state index contributed by atoms with van der Waals surface area (Å²) in [6.07, 6.45) is 1.48. The van der Waals surface area contributed by atoms with Crippen LogP contribution >= 0.6 is 11.8 Å². The molecule has 0 fully saturated rings. The molecule has 1 amide bonds. The van der Waals surface area contributed by atoms with Gasteiger partial charge in [-0.25, -0.2) is 5.43 Å². The van der Waals surface area contributed by atoms with Crippen LogP contribution in [-0.4, -0.2) is 45.7 Å². The van der Waals surface area contributed by atoms with Crippen LogP contribution in [0, 0.1) is 6.92 Å². The van der Waals surface area contributed by atoms with Crippen LogP contribution in [0.4, 0.5) is 0 Å². The Morgan fingerprint density at radius 3 is 2.34 bits per heavy atom. The Hall–Kier alpha value is -4.44. The Balaban J connectivity index is 1.49. The smallest absolute Gasteiger partial charge is 0.308 e. The minimum Gasteiger partial charge on any atom is -0.493 e. The molecule has 0 radical (unpaired) electrons. The van der Waals surface area contributed by atoms with Crippen LogP contribution in [0.1, 0.15) is 44.4 Å². The van der Waals surface area contributed by atoms with Gasteiger partial charge in [0.1, 0.15) is 0 Å². The van der Waals surface area contributed by atoms with Crippen LogP contribution < -0.4 is 14.9 Å². The minimum atomic E-state index is -0.446. The number of methoxy groups -OCH3 is 1. The molecule has 4 aromatic rings. The molecule has 10 heteroatoms. The predicted octanol–water partition coefficient (Wildman–Crippen LogP) is 5.72. The molecule has 1 N–H and O–H groups in total. The van der Waals surface area contributed by atoms with Gasteiger partial charge in [-0.3, -0.25) is 14.2 Å². The highest BCUT2D eigenvalue weighted by Crippen LogP contribution is 2.30. The van der Waals surface area contributed by atoms with Crippen LogP contribution in [0.15, 0.2) is 77.0 Å². The molecule has 0 atom stereocenters. The number of hydrogen-bond donors (Lipinski definition) is 1. The summed E-state index contributed by atoms with van der Waals surface area (Å²) in [4.78, 5) is 23.9. The van der Waals surface area contributed by atoms with Crippen molar-refractivity contribution in [3.05, 3.63) is 83.4 Å². The van der Waals surface area contributed by atoms with Crippen molar-refractivity contribution >= 4 is 29.9 Å². The van der Waals surface area contributed by atoms with Gasteiger partial charge < -0.3 is 9.47 Å². The number of nitrogens with zero attached hydrogens (tertiary/aromatic N) is 4. The molecule has 0 unspecified atom stereocenters. The number of carbonyl (C=O) groups is 2. The van der Waals surface area contributed by atoms with Gasteiger partial charge in [0.15, 0.2) is 22.5 Å². The van der Waals surface area contributed by atoms with E-state index in [2.05, 4.69) is 65.8 Å². The lowest BCUT2D eigenvalue weighted by molar-refractivity contribution is -0.132. The van der Waals surface area contributed by atoms with Crippen molar-refractivity contribution in [1.82, 2.24) is 20.2 Å². The zero-order chi connectivity index (χ0) is 29.6. The van der Waals surface area contributed by atoms with E-state index in [1.165, 1.54) is 37.6 Å². The molecule has 0 aliphatic carbocycles. The number of amides is 1. The van der Waals surface area contributed by atoms with Gasteiger partial charge in [0.2, 0.25) is 0 Å². The fourth-order valence-electron chi connectivity index (χ4n) is 3.94. The number of benzene rings is 3. The van der Waals surface area contributed by atoms with Crippen LogP contribution in [0.3, 0.4) is 0 Å². The van der Waals surface area contributed by atoms with Crippen molar-refractivity contribution in [1.29, 1.82) is 0 Å². The number of thioether (sulfide) groups is 1. The van der Waals surface area contributed by atoms with Crippen LogP contribution in [0.5, 0.6) is 11.5 Å². The summed E-state index contributed by atoms with van der Waals surface area (Å²) >= 11 is 1.27. The fraction of sp³-hybridized carbons (Fsp3) is 0.258. The van der Waals surface area contributed by atoms with E-state index in [-0.39, 0.29) is 17.1 Å². The molecule has 41 heavy (non-hydrogen) atoms. The lowest BCUT2D eigenvalue weighted by Gasteiger charge is -2.19. The van der Waals surface area contributed by atoms with E-state index in [1.807, 2.05) is 35.8 Å². The number of aryl methyl sites for hydroxylation is 1. The van der Waals surface area contributed by atoms with Gasteiger partial charge in [-0.1, -0.05) is 74.5 Å². The zero-order valence-corrected chi connectivity index (χ0v) is 24.8. The van der Waals surface area contributed by atoms with Crippen LogP contribution in [0.2, 0.25) is 0 Å². The van der Waals surface area contributed by atoms with E-state index in [1.54, 1.807) is 18.2 Å². The number of esters is 1. The minimum absolute atomic E-state index is 0.0411. The molecule has 0 aliphatic rings. The molecule has 0 spiro atoms. The molecule has 9 nitrogen and oxygen atoms in total. The normalized spacial score (nSPS) is 11.5. The van der Waals surface area contributed by atoms with Gasteiger partial charge in [-0.2, -0.15) is 5.10 Å². The van der Waals surface area contributed by atoms with Crippen LogP contribution in [0.25, 0.3) is 17.1 Å². The summed E-state index contributed by atoms with van der Waals surface area (Å²) in [7, 11) is 1.48. The Bertz CT molecular complexity index is 1560. The second-order valence-corrected chi connectivity index (χ2v) is 11.3. The molecule has 3 aromatic carbocycles. The number of hydrazone groups is 1. The van der Waals surface area contributed by atoms with E-state index in [9.17, 15) is 9.59 Å². The number of carbonyl (C=O) groups excluding carboxylic acids is 2. The number of aromatic nitrogens is 3. The van der Waals surface area contributed by atoms with E-state index >= 15 is 0 Å². The van der Waals surface area contributed by atoms with Crippen molar-refractivity contribution in [2.45, 2.75) is 45.2 Å². The third kappa shape index (κ3) is 7.61. The number of hydrogen-bond acceptors (Lipinski definition) is 8. The van der Waals surface area contributed by atoms with Crippen molar-refractivity contribution < 1.29 is 19.1 Å². The van der Waals surface area contributed by atoms with Crippen molar-refractivity contribution in [3.8, 4) is 28.6 Å². The maximum atomic E-state index is 12.6. The second kappa shape index (κ2) is 12.8. The zero-order valence-electron chi connectivity index (χ0n) is 24.0. The molecule has 1 aromatic heterocycles. The summed E-state index contributed by atoms with van der Waals surface area (Å²) in [5.41, 5.74) is 7.45. The van der Waals surface area contributed by atoms with Gasteiger partial charge >= 0.3 is 5.97 Å². The fourth-order valence-corrected chi connectivity index (χ4v) is 4.69. The highest BCUT2D eigenvalue weighted by molar-refractivity contribution is 7.99. The van der Waals surface area contributed by atoms with Gasteiger partial charge in [0.05, 0.1) is 19.1 Å². The Labute approximate surface area is 244 Å². The third-order valence-electron chi connectivity index (χ3n) is 6.11. The number of ether oxygens (including phenoxy) is 2. The maximum Gasteiger partial charge on any atom is 0.308 e. The van der Waals surface area contributed by atoms with Crippen molar-refractivity contribution in [3.63, 3.8) is 0 Å². The van der Waals surface area contributed by atoms with Gasteiger partial charge in [0.25, 0.3) is 5.91 Å². The first kappa shape index (κ1) is 29.5. The first-order valence-electron chi connectivity index (χ1n) is 13.0. The van der Waals surface area contributed by atoms with Crippen molar-refractivity contribution in [2.24, 2.45) is 5.10 Å². The third-order valence-corrected chi connectivity index (χ3v) is 7.04. The van der Waals surface area contributed by atoms with Crippen molar-refractivity contribution in [2.75, 3.05) is 12.9 Å². The molecule has 0 aliphatic heterocycles. The summed E-state index contributed by atoms with van der Waals surface area (Å²) in [6, 6.07) is 21.4. The SMILES string of the molecule is COc1cc(/C=N\NC(=O)CSc2nnc(-c3ccc(C(C)(C)C)cc3)n2-c2ccc(C)cc2)ccc1OC(C)=O. The Morgan fingerprint density at radius 1 is 1.00 bits per heavy atom. The highest BCUT2D eigenvalue weighted by Gasteiger charge is 2.19. The molecule has 0 saturated carbocycles. The largest absolute Gasteiger partial charge is 0.493 e. The first-order chi connectivity index (χ1) is 19.5. The Morgan fingerprint density at radius 2 is 1.71 bits per heavy atom. The van der Waals surface area contributed by atoms with E-state index in [0.29, 0.717) is 28.0 Å². The van der Waals surface area contributed by atoms with Gasteiger partial charge in [0, 0.05) is 18.2 Å². The molecular weight excluding hydrogens is 538 g/mol. The summed E-state index contributed by atoms with van der Waals surface area (Å²) in [6.45, 7) is 9.89. The summed E-state index contributed by atoms with van der Waals surface area (Å²) in [5.74, 6) is 0.716. The average molecular weight is 572 g/mol. The highest BCUT2D eigenvalue weighted by atomic mass is 32.2. The summed E-state index contributed by atoms with van der Waals surface area (Å²) in [5, 5.41) is 13.5. The van der Waals surface area contributed by atoms with Gasteiger partial charge in [-0.05, 0) is 53.8 Å². The maximum absolute atomic E-state index is 12.6. The average Bonchev–Trinajstić information content (AvgIpc) is 3.36. The summed E-state index contributed by atoms with van der Waals surface area (Å²) < 4.78 is 12.3. The number of nitrogens with one attached hydrogen (secondary N) is 1. The molecule has 0 saturated heterocycles.